The minimum Gasteiger partial charge on any atom is -0.494 e. The Labute approximate surface area is 220 Å². The molecule has 200 valence electrons. The van der Waals surface area contributed by atoms with Crippen LogP contribution in [0.2, 0.25) is 0 Å². The summed E-state index contributed by atoms with van der Waals surface area (Å²) in [7, 11) is 0. The monoisotopic (exact) mass is 522 g/mol. The zero-order valence-electron chi connectivity index (χ0n) is 21.4. The first-order chi connectivity index (χ1) is 18.3. The molecule has 4 aromatic rings. The number of carbonyl (C=O) groups excluding carboxylic acids is 1. The number of rotatable bonds is 12. The van der Waals surface area contributed by atoms with Crippen molar-refractivity contribution in [3.05, 3.63) is 94.8 Å². The lowest BCUT2D eigenvalue weighted by Crippen LogP contribution is -2.49. The maximum atomic E-state index is 13.8. The molecule has 1 heterocycles. The highest BCUT2D eigenvalue weighted by atomic mass is 19.1. The zero-order chi connectivity index (χ0) is 27.1. The molecule has 0 radical (unpaired) electrons. The Kier molecular flexibility index (Phi) is 9.04. The minimum absolute atomic E-state index is 0.0172. The number of aromatic amines is 1. The predicted molar refractivity (Wildman–Crippen MR) is 142 cm³/mol. The van der Waals surface area contributed by atoms with E-state index in [1.54, 1.807) is 18.2 Å². The fourth-order valence-electron chi connectivity index (χ4n) is 4.32. The molecule has 0 saturated heterocycles. The Morgan fingerprint density at radius 1 is 1.03 bits per heavy atom. The molecule has 7 nitrogen and oxygen atoms in total. The predicted octanol–water partition coefficient (Wildman–Crippen LogP) is 4.29. The van der Waals surface area contributed by atoms with E-state index < -0.39 is 29.7 Å². The summed E-state index contributed by atoms with van der Waals surface area (Å²) in [4.78, 5) is 20.4. The van der Waals surface area contributed by atoms with E-state index in [-0.39, 0.29) is 18.8 Å². The van der Waals surface area contributed by atoms with Crippen LogP contribution >= 0.6 is 0 Å². The van der Waals surface area contributed by atoms with Gasteiger partial charge in [-0.2, -0.15) is 0 Å². The van der Waals surface area contributed by atoms with Gasteiger partial charge >= 0.3 is 0 Å². The van der Waals surface area contributed by atoms with Gasteiger partial charge in [0, 0.05) is 25.2 Å². The third kappa shape index (κ3) is 7.14. The Balaban J connectivity index is 1.49. The third-order valence-electron chi connectivity index (χ3n) is 6.22. The molecular weight excluding hydrogens is 490 g/mol. The van der Waals surface area contributed by atoms with Gasteiger partial charge in [0.2, 0.25) is 0 Å². The number of fused-ring (bicyclic) bond motifs is 1. The van der Waals surface area contributed by atoms with Crippen LogP contribution in [-0.4, -0.2) is 46.3 Å². The van der Waals surface area contributed by atoms with Crippen molar-refractivity contribution in [3.8, 4) is 5.75 Å². The number of aliphatic hydroxyl groups is 1. The van der Waals surface area contributed by atoms with Gasteiger partial charge in [-0.25, -0.2) is 13.8 Å². The Hall–Kier alpha value is -3.82. The molecule has 0 fully saturated rings. The van der Waals surface area contributed by atoms with E-state index in [0.717, 1.165) is 18.1 Å². The van der Waals surface area contributed by atoms with Crippen molar-refractivity contribution in [1.82, 2.24) is 20.6 Å². The Bertz CT molecular complexity index is 1370. The van der Waals surface area contributed by atoms with Crippen LogP contribution in [0.4, 0.5) is 8.78 Å². The van der Waals surface area contributed by atoms with Crippen molar-refractivity contribution in [3.63, 3.8) is 0 Å². The quantitative estimate of drug-likeness (QED) is 0.223. The van der Waals surface area contributed by atoms with Crippen LogP contribution in [0.15, 0.2) is 60.7 Å². The molecule has 1 amide bonds. The number of nitrogens with one attached hydrogen (secondary N) is 3. The summed E-state index contributed by atoms with van der Waals surface area (Å²) in [5.41, 5.74) is 3.80. The maximum Gasteiger partial charge on any atom is 0.287 e. The molecule has 0 saturated carbocycles. The van der Waals surface area contributed by atoms with Crippen LogP contribution in [0.3, 0.4) is 0 Å². The normalized spacial score (nSPS) is 12.9. The number of H-pyrrole nitrogens is 1. The van der Waals surface area contributed by atoms with Crippen molar-refractivity contribution in [2.75, 3.05) is 13.2 Å². The lowest BCUT2D eigenvalue weighted by Gasteiger charge is -2.24. The van der Waals surface area contributed by atoms with Gasteiger partial charge in [-0.1, -0.05) is 31.2 Å². The summed E-state index contributed by atoms with van der Waals surface area (Å²) < 4.78 is 33.2. The number of benzene rings is 3. The molecular formula is C29H32F2N4O3. The first-order valence-electron chi connectivity index (χ1n) is 12.7. The Morgan fingerprint density at radius 3 is 2.53 bits per heavy atom. The molecule has 4 rings (SSSR count). The summed E-state index contributed by atoms with van der Waals surface area (Å²) in [6.45, 7) is 5.13. The standard InChI is InChI=1S/C29H32F2N4O3/c1-3-18-6-5-7-19(10-18)16-32-17-27(36)26(13-20-11-21(30)14-22(31)12-20)35-29(37)28-33-24-9-8-23(38-4-2)15-25(24)34-28/h5-12,14-15,26-27,32,36H,3-4,13,16-17H2,1-2H3,(H,33,34)(H,35,37)/t26-,27+/m1/s1. The van der Waals surface area contributed by atoms with Crippen LogP contribution in [0, 0.1) is 11.6 Å². The first kappa shape index (κ1) is 27.2. The second-order valence-electron chi connectivity index (χ2n) is 9.13. The van der Waals surface area contributed by atoms with Crippen molar-refractivity contribution in [1.29, 1.82) is 0 Å². The molecule has 3 aromatic carbocycles. The topological polar surface area (TPSA) is 99.3 Å². The third-order valence-corrected chi connectivity index (χ3v) is 6.22. The number of halogens is 2. The molecule has 0 bridgehead atoms. The average Bonchev–Trinajstić information content (AvgIpc) is 3.32. The molecule has 1 aromatic heterocycles. The van der Waals surface area contributed by atoms with Crippen molar-refractivity contribution < 1.29 is 23.4 Å². The minimum atomic E-state index is -1.05. The molecule has 38 heavy (non-hydrogen) atoms. The molecule has 0 aliphatic rings. The summed E-state index contributed by atoms with van der Waals surface area (Å²) in [6.07, 6.45) is -0.110. The number of nitrogens with zero attached hydrogens (tertiary/aromatic N) is 1. The highest BCUT2D eigenvalue weighted by molar-refractivity contribution is 5.94. The van der Waals surface area contributed by atoms with E-state index in [0.29, 0.717) is 35.5 Å². The molecule has 0 spiro atoms. The fourth-order valence-corrected chi connectivity index (χ4v) is 4.32. The number of ether oxygens (including phenoxy) is 1. The van der Waals surface area contributed by atoms with Gasteiger partial charge in [0.1, 0.15) is 17.4 Å². The number of amides is 1. The van der Waals surface area contributed by atoms with E-state index in [9.17, 15) is 18.7 Å². The van der Waals surface area contributed by atoms with Crippen molar-refractivity contribution in [2.24, 2.45) is 0 Å². The van der Waals surface area contributed by atoms with E-state index in [1.807, 2.05) is 19.1 Å². The van der Waals surface area contributed by atoms with Crippen molar-refractivity contribution in [2.45, 2.75) is 45.4 Å². The number of aryl methyl sites for hydroxylation is 1. The van der Waals surface area contributed by atoms with Gasteiger partial charge in [0.25, 0.3) is 5.91 Å². The highest BCUT2D eigenvalue weighted by Gasteiger charge is 2.24. The summed E-state index contributed by atoms with van der Waals surface area (Å²) in [6, 6.07) is 15.7. The fraction of sp³-hybridized carbons (Fsp3) is 0.310. The largest absolute Gasteiger partial charge is 0.494 e. The second-order valence-corrected chi connectivity index (χ2v) is 9.13. The Morgan fingerprint density at radius 2 is 1.79 bits per heavy atom. The average molecular weight is 523 g/mol. The first-order valence-corrected chi connectivity index (χ1v) is 12.7. The SMILES string of the molecule is CCOc1ccc2nc(C(=O)N[C@H](Cc3cc(F)cc(F)c3)[C@@H](O)CNCc3cccc(CC)c3)[nH]c2c1. The van der Waals surface area contributed by atoms with Gasteiger partial charge in [-0.15, -0.1) is 0 Å². The van der Waals surface area contributed by atoms with Gasteiger partial charge in [0.05, 0.1) is 29.8 Å². The van der Waals surface area contributed by atoms with Crippen LogP contribution < -0.4 is 15.4 Å². The van der Waals surface area contributed by atoms with Gasteiger partial charge in [-0.3, -0.25) is 4.79 Å². The van der Waals surface area contributed by atoms with Gasteiger partial charge in [-0.05, 0) is 60.7 Å². The zero-order valence-corrected chi connectivity index (χ0v) is 21.4. The lowest BCUT2D eigenvalue weighted by molar-refractivity contribution is 0.0821. The van der Waals surface area contributed by atoms with E-state index in [4.69, 9.17) is 4.74 Å². The smallest absolute Gasteiger partial charge is 0.287 e. The molecule has 0 aliphatic carbocycles. The van der Waals surface area contributed by atoms with E-state index in [2.05, 4.69) is 39.7 Å². The molecule has 2 atom stereocenters. The number of aromatic nitrogens is 2. The van der Waals surface area contributed by atoms with Gasteiger partial charge < -0.3 is 25.5 Å². The van der Waals surface area contributed by atoms with Crippen LogP contribution in [0.1, 0.15) is 41.2 Å². The summed E-state index contributed by atoms with van der Waals surface area (Å²) in [5.74, 6) is -1.30. The highest BCUT2D eigenvalue weighted by Crippen LogP contribution is 2.19. The maximum absolute atomic E-state index is 13.8. The second kappa shape index (κ2) is 12.6. The number of carbonyl (C=O) groups is 1. The van der Waals surface area contributed by atoms with Crippen LogP contribution in [-0.2, 0) is 19.4 Å². The molecule has 0 unspecified atom stereocenters. The number of hydrogen-bond acceptors (Lipinski definition) is 5. The van der Waals surface area contributed by atoms with Gasteiger partial charge in [0.15, 0.2) is 5.82 Å². The number of aliphatic hydroxyl groups excluding tert-OH is 1. The van der Waals surface area contributed by atoms with Crippen LogP contribution in [0.5, 0.6) is 5.75 Å². The molecule has 9 heteroatoms. The molecule has 4 N–H and O–H groups in total. The summed E-state index contributed by atoms with van der Waals surface area (Å²) in [5, 5.41) is 17.0. The van der Waals surface area contributed by atoms with Crippen LogP contribution in [0.25, 0.3) is 11.0 Å². The lowest BCUT2D eigenvalue weighted by atomic mass is 10.0. The number of hydrogen-bond donors (Lipinski definition) is 4. The summed E-state index contributed by atoms with van der Waals surface area (Å²) >= 11 is 0. The number of imidazole rings is 1. The van der Waals surface area contributed by atoms with E-state index in [1.165, 1.54) is 17.7 Å². The van der Waals surface area contributed by atoms with E-state index >= 15 is 0 Å². The molecule has 0 aliphatic heterocycles. The van der Waals surface area contributed by atoms with Crippen molar-refractivity contribution >= 4 is 16.9 Å².